The number of aromatic nitrogens is 3. The molecule has 1 aromatic carbocycles. The van der Waals surface area contributed by atoms with E-state index in [1.165, 1.54) is 82.7 Å². The number of nitrogens with zero attached hydrogens (tertiary/aromatic N) is 3. The summed E-state index contributed by atoms with van der Waals surface area (Å²) < 4.78 is 1.99. The minimum absolute atomic E-state index is 0.329. The van der Waals surface area contributed by atoms with Gasteiger partial charge >= 0.3 is 5.97 Å². The number of aliphatic carboxylic acids is 1. The molecule has 0 aliphatic heterocycles. The van der Waals surface area contributed by atoms with E-state index >= 15 is 0 Å². The molecule has 0 aliphatic rings. The van der Waals surface area contributed by atoms with E-state index in [9.17, 15) is 4.79 Å². The van der Waals surface area contributed by atoms with E-state index in [2.05, 4.69) is 29.4 Å². The van der Waals surface area contributed by atoms with Crippen LogP contribution in [0.3, 0.4) is 0 Å². The van der Waals surface area contributed by atoms with Gasteiger partial charge in [0.25, 0.3) is 0 Å². The van der Waals surface area contributed by atoms with Crippen LogP contribution in [0.25, 0.3) is 5.69 Å². The summed E-state index contributed by atoms with van der Waals surface area (Å²) in [5.74, 6) is -0.664. The standard InChI is InChI=1S/C26H41N3O2/c1-23-25(29(28-27-23)24-19-15-14-16-20-24)21-17-12-10-8-6-4-2-3-5-7-9-11-13-18-22-26(30)31/h14-16,19-20H,2-13,17-18,21-22H2,1H3,(H,30,31). The van der Waals surface area contributed by atoms with E-state index in [0.29, 0.717) is 6.42 Å². The van der Waals surface area contributed by atoms with Crippen molar-refractivity contribution in [3.8, 4) is 5.69 Å². The summed E-state index contributed by atoms with van der Waals surface area (Å²) in [6, 6.07) is 10.3. The molecule has 2 rings (SSSR count). The topological polar surface area (TPSA) is 68.0 Å². The molecular formula is C26H41N3O2. The number of aryl methyl sites for hydroxylation is 1. The van der Waals surface area contributed by atoms with Crippen LogP contribution >= 0.6 is 0 Å². The molecule has 1 N–H and O–H groups in total. The zero-order chi connectivity index (χ0) is 22.2. The number of para-hydroxylation sites is 1. The molecule has 0 aliphatic carbocycles. The second-order valence-corrected chi connectivity index (χ2v) is 8.71. The average Bonchev–Trinajstić information content (AvgIpc) is 3.14. The Morgan fingerprint density at radius 3 is 1.77 bits per heavy atom. The van der Waals surface area contributed by atoms with Gasteiger partial charge in [-0.05, 0) is 38.3 Å². The Labute approximate surface area is 188 Å². The zero-order valence-corrected chi connectivity index (χ0v) is 19.4. The highest BCUT2D eigenvalue weighted by atomic mass is 16.4. The van der Waals surface area contributed by atoms with Crippen LogP contribution in [0.5, 0.6) is 0 Å². The lowest BCUT2D eigenvalue weighted by Crippen LogP contribution is -2.03. The van der Waals surface area contributed by atoms with Crippen molar-refractivity contribution in [3.63, 3.8) is 0 Å². The minimum Gasteiger partial charge on any atom is -0.481 e. The predicted molar refractivity (Wildman–Crippen MR) is 127 cm³/mol. The first kappa shape index (κ1) is 25.1. The molecule has 31 heavy (non-hydrogen) atoms. The number of unbranched alkanes of at least 4 members (excludes halogenated alkanes) is 13. The smallest absolute Gasteiger partial charge is 0.303 e. The van der Waals surface area contributed by atoms with E-state index in [0.717, 1.165) is 30.6 Å². The lowest BCUT2D eigenvalue weighted by molar-refractivity contribution is -0.137. The molecule has 0 spiro atoms. The molecule has 172 valence electrons. The first-order valence-electron chi connectivity index (χ1n) is 12.4. The van der Waals surface area contributed by atoms with Gasteiger partial charge < -0.3 is 5.11 Å². The lowest BCUT2D eigenvalue weighted by Gasteiger charge is -2.07. The first-order valence-corrected chi connectivity index (χ1v) is 12.4. The number of hydrogen-bond donors (Lipinski definition) is 1. The Kier molecular flexibility index (Phi) is 12.6. The van der Waals surface area contributed by atoms with Crippen molar-refractivity contribution in [2.24, 2.45) is 0 Å². The third-order valence-electron chi connectivity index (χ3n) is 6.01. The number of benzene rings is 1. The molecule has 2 aromatic rings. The normalized spacial score (nSPS) is 11.1. The van der Waals surface area contributed by atoms with Gasteiger partial charge in [0.1, 0.15) is 0 Å². The molecule has 0 atom stereocenters. The summed E-state index contributed by atoms with van der Waals surface area (Å²) in [7, 11) is 0. The second-order valence-electron chi connectivity index (χ2n) is 8.71. The van der Waals surface area contributed by atoms with Crippen LogP contribution in [0.1, 0.15) is 108 Å². The van der Waals surface area contributed by atoms with Crippen molar-refractivity contribution in [2.45, 2.75) is 110 Å². The molecule has 0 amide bonds. The monoisotopic (exact) mass is 427 g/mol. The summed E-state index contributed by atoms with van der Waals surface area (Å²) in [4.78, 5) is 10.4. The van der Waals surface area contributed by atoms with Crippen molar-refractivity contribution in [1.29, 1.82) is 0 Å². The Hall–Kier alpha value is -2.17. The second kappa shape index (κ2) is 15.6. The van der Waals surface area contributed by atoms with Gasteiger partial charge in [-0.3, -0.25) is 4.79 Å². The van der Waals surface area contributed by atoms with Crippen LogP contribution in [0.2, 0.25) is 0 Å². The van der Waals surface area contributed by atoms with Crippen LogP contribution in [-0.4, -0.2) is 26.1 Å². The average molecular weight is 428 g/mol. The maximum Gasteiger partial charge on any atom is 0.303 e. The van der Waals surface area contributed by atoms with Gasteiger partial charge in [-0.25, -0.2) is 4.68 Å². The fourth-order valence-electron chi connectivity index (χ4n) is 4.13. The minimum atomic E-state index is -0.664. The van der Waals surface area contributed by atoms with Crippen molar-refractivity contribution in [3.05, 3.63) is 41.7 Å². The van der Waals surface area contributed by atoms with Gasteiger partial charge in [0, 0.05) is 6.42 Å². The highest BCUT2D eigenvalue weighted by Gasteiger charge is 2.10. The fraction of sp³-hybridized carbons (Fsp3) is 0.654. The Morgan fingerprint density at radius 1 is 0.774 bits per heavy atom. The maximum atomic E-state index is 10.4. The molecule has 1 heterocycles. The molecule has 0 radical (unpaired) electrons. The Balaban J connectivity index is 1.42. The summed E-state index contributed by atoms with van der Waals surface area (Å²) in [5, 5.41) is 17.2. The number of carboxylic acids is 1. The number of carbonyl (C=O) groups is 1. The van der Waals surface area contributed by atoms with E-state index in [1.54, 1.807) is 0 Å². The Bertz CT molecular complexity index is 728. The van der Waals surface area contributed by atoms with Gasteiger partial charge in [0.05, 0.1) is 17.1 Å². The van der Waals surface area contributed by atoms with Gasteiger partial charge in [0.2, 0.25) is 0 Å². The molecule has 0 saturated carbocycles. The maximum absolute atomic E-state index is 10.4. The molecule has 5 nitrogen and oxygen atoms in total. The molecule has 1 aromatic heterocycles. The SMILES string of the molecule is Cc1nnn(-c2ccccc2)c1CCCCCCCCCCCCCCCCC(=O)O. The van der Waals surface area contributed by atoms with Crippen molar-refractivity contribution >= 4 is 5.97 Å². The first-order chi connectivity index (χ1) is 15.2. The van der Waals surface area contributed by atoms with Crippen LogP contribution < -0.4 is 0 Å². The van der Waals surface area contributed by atoms with E-state index in [1.807, 2.05) is 22.9 Å². The quantitative estimate of drug-likeness (QED) is 0.259. The number of rotatable bonds is 18. The predicted octanol–water partition coefficient (Wildman–Crippen LogP) is 7.05. The van der Waals surface area contributed by atoms with Crippen molar-refractivity contribution < 1.29 is 9.90 Å². The number of hydrogen-bond acceptors (Lipinski definition) is 3. The van der Waals surface area contributed by atoms with Gasteiger partial charge in [0.15, 0.2) is 0 Å². The third kappa shape index (κ3) is 10.6. The summed E-state index contributed by atoms with van der Waals surface area (Å²) in [6.07, 6.45) is 19.0. The Morgan fingerprint density at radius 2 is 1.26 bits per heavy atom. The largest absolute Gasteiger partial charge is 0.481 e. The van der Waals surface area contributed by atoms with E-state index < -0.39 is 5.97 Å². The van der Waals surface area contributed by atoms with Crippen LogP contribution in [-0.2, 0) is 11.2 Å². The van der Waals surface area contributed by atoms with Crippen molar-refractivity contribution in [2.75, 3.05) is 0 Å². The molecule has 0 saturated heterocycles. The fourth-order valence-corrected chi connectivity index (χ4v) is 4.13. The van der Waals surface area contributed by atoms with Gasteiger partial charge in [-0.1, -0.05) is 100 Å². The zero-order valence-electron chi connectivity index (χ0n) is 19.4. The summed E-state index contributed by atoms with van der Waals surface area (Å²) in [5.41, 5.74) is 3.38. The van der Waals surface area contributed by atoms with Crippen LogP contribution in [0.4, 0.5) is 0 Å². The van der Waals surface area contributed by atoms with Crippen LogP contribution in [0, 0.1) is 6.92 Å². The lowest BCUT2D eigenvalue weighted by atomic mass is 10.0. The van der Waals surface area contributed by atoms with Gasteiger partial charge in [-0.2, -0.15) is 0 Å². The van der Waals surface area contributed by atoms with Gasteiger partial charge in [-0.15, -0.1) is 5.10 Å². The van der Waals surface area contributed by atoms with E-state index in [-0.39, 0.29) is 0 Å². The summed E-state index contributed by atoms with van der Waals surface area (Å²) >= 11 is 0. The molecule has 5 heteroatoms. The molecular weight excluding hydrogens is 386 g/mol. The molecule has 0 unspecified atom stereocenters. The molecule has 0 fully saturated rings. The summed E-state index contributed by atoms with van der Waals surface area (Å²) in [6.45, 7) is 2.06. The molecule has 0 bridgehead atoms. The third-order valence-corrected chi connectivity index (χ3v) is 6.01. The highest BCUT2D eigenvalue weighted by molar-refractivity contribution is 5.66. The highest BCUT2D eigenvalue weighted by Crippen LogP contribution is 2.17. The number of carboxylic acid groups (broad SMARTS) is 1. The van der Waals surface area contributed by atoms with Crippen molar-refractivity contribution in [1.82, 2.24) is 15.0 Å². The van der Waals surface area contributed by atoms with E-state index in [4.69, 9.17) is 5.11 Å². The van der Waals surface area contributed by atoms with Crippen LogP contribution in [0.15, 0.2) is 30.3 Å².